The summed E-state index contributed by atoms with van der Waals surface area (Å²) < 4.78 is 0. The highest BCUT2D eigenvalue weighted by atomic mass is 32.1. The highest BCUT2D eigenvalue weighted by Crippen LogP contribution is 2.34. The summed E-state index contributed by atoms with van der Waals surface area (Å²) in [5.74, 6) is -0.0125. The summed E-state index contributed by atoms with van der Waals surface area (Å²) in [5.41, 5.74) is 6.66. The Morgan fingerprint density at radius 1 is 1.33 bits per heavy atom. The lowest BCUT2D eigenvalue weighted by atomic mass is 10.1. The number of anilines is 2. The second kappa shape index (κ2) is 5.50. The third-order valence-electron chi connectivity index (χ3n) is 4.54. The molecule has 2 fully saturated rings. The van der Waals surface area contributed by atoms with Crippen molar-refractivity contribution in [1.29, 1.82) is 0 Å². The molecule has 1 aromatic rings. The molecule has 2 heterocycles. The van der Waals surface area contributed by atoms with E-state index in [1.54, 1.807) is 0 Å². The normalized spacial score (nSPS) is 26.9. The van der Waals surface area contributed by atoms with Gasteiger partial charge in [-0.2, -0.15) is 0 Å². The molecule has 2 atom stereocenters. The second-order valence-corrected chi connectivity index (χ2v) is 7.42. The summed E-state index contributed by atoms with van der Waals surface area (Å²) in [5, 5.41) is 4.13. The van der Waals surface area contributed by atoms with Crippen molar-refractivity contribution in [3.8, 4) is 0 Å². The van der Waals surface area contributed by atoms with Gasteiger partial charge in [-0.15, -0.1) is 11.3 Å². The van der Waals surface area contributed by atoms with Crippen molar-refractivity contribution in [3.05, 3.63) is 10.9 Å². The highest BCUT2D eigenvalue weighted by molar-refractivity contribution is 7.18. The number of thiophene rings is 1. The van der Waals surface area contributed by atoms with Gasteiger partial charge in [0.1, 0.15) is 4.88 Å². The number of piperazine rings is 1. The van der Waals surface area contributed by atoms with E-state index in [-0.39, 0.29) is 5.91 Å². The zero-order valence-electron chi connectivity index (χ0n) is 12.9. The maximum atomic E-state index is 12.2. The maximum absolute atomic E-state index is 12.2. The SMILES string of the molecule is CC1CN(c2cc(N)c(C(=O)NC3CC3)s2)CC(C)N1C. The van der Waals surface area contributed by atoms with Crippen LogP contribution in [0, 0.1) is 0 Å². The minimum atomic E-state index is -0.0125. The van der Waals surface area contributed by atoms with E-state index < -0.39 is 0 Å². The summed E-state index contributed by atoms with van der Waals surface area (Å²) >= 11 is 1.52. The number of amides is 1. The van der Waals surface area contributed by atoms with E-state index in [0.29, 0.717) is 28.7 Å². The van der Waals surface area contributed by atoms with Gasteiger partial charge < -0.3 is 16.0 Å². The van der Waals surface area contributed by atoms with Gasteiger partial charge in [-0.25, -0.2) is 0 Å². The molecule has 0 aromatic carbocycles. The van der Waals surface area contributed by atoms with Crippen molar-refractivity contribution in [2.24, 2.45) is 0 Å². The van der Waals surface area contributed by atoms with Gasteiger partial charge in [0.25, 0.3) is 5.91 Å². The lowest BCUT2D eigenvalue weighted by molar-refractivity contribution is 0.0956. The molecule has 3 N–H and O–H groups in total. The molecule has 1 saturated carbocycles. The topological polar surface area (TPSA) is 61.6 Å². The molecule has 1 aliphatic heterocycles. The molecule has 21 heavy (non-hydrogen) atoms. The van der Waals surface area contributed by atoms with Gasteiger partial charge in [0.15, 0.2) is 0 Å². The molecule has 6 heteroatoms. The number of nitrogens with one attached hydrogen (secondary N) is 1. The Balaban J connectivity index is 1.75. The van der Waals surface area contributed by atoms with Crippen LogP contribution in [0.2, 0.25) is 0 Å². The van der Waals surface area contributed by atoms with Gasteiger partial charge in [0, 0.05) is 31.2 Å². The van der Waals surface area contributed by atoms with Crippen LogP contribution in [0.25, 0.3) is 0 Å². The number of hydrogen-bond donors (Lipinski definition) is 2. The summed E-state index contributed by atoms with van der Waals surface area (Å²) in [4.78, 5) is 17.6. The fourth-order valence-corrected chi connectivity index (χ4v) is 3.79. The number of carbonyl (C=O) groups is 1. The number of nitrogens with two attached hydrogens (primary N) is 1. The second-order valence-electron chi connectivity index (χ2n) is 6.39. The number of carbonyl (C=O) groups excluding carboxylic acids is 1. The van der Waals surface area contributed by atoms with Crippen LogP contribution in [0.5, 0.6) is 0 Å². The standard InChI is InChI=1S/C15H24N4OS/c1-9-7-19(8-10(2)18(9)3)13-6-12(16)14(21-13)15(20)17-11-4-5-11/h6,9-11H,4-5,7-8,16H2,1-3H3,(H,17,20). The Labute approximate surface area is 130 Å². The van der Waals surface area contributed by atoms with E-state index in [1.165, 1.54) is 11.3 Å². The zero-order valence-corrected chi connectivity index (χ0v) is 13.7. The molecule has 116 valence electrons. The van der Waals surface area contributed by atoms with Crippen LogP contribution in [0.15, 0.2) is 6.07 Å². The molecule has 1 aliphatic carbocycles. The fraction of sp³-hybridized carbons (Fsp3) is 0.667. The van der Waals surface area contributed by atoms with Gasteiger partial charge in [-0.3, -0.25) is 9.69 Å². The predicted molar refractivity (Wildman–Crippen MR) is 88.1 cm³/mol. The summed E-state index contributed by atoms with van der Waals surface area (Å²) in [6.07, 6.45) is 2.19. The average molecular weight is 308 g/mol. The number of nitrogen functional groups attached to an aromatic ring is 1. The third-order valence-corrected chi connectivity index (χ3v) is 5.75. The molecular weight excluding hydrogens is 284 g/mol. The van der Waals surface area contributed by atoms with Gasteiger partial charge in [-0.1, -0.05) is 0 Å². The molecule has 2 unspecified atom stereocenters. The van der Waals surface area contributed by atoms with Crippen LogP contribution in [-0.2, 0) is 0 Å². The van der Waals surface area contributed by atoms with Crippen molar-refractivity contribution >= 4 is 27.9 Å². The summed E-state index contributed by atoms with van der Waals surface area (Å²) in [6.45, 7) is 6.43. The van der Waals surface area contributed by atoms with Crippen molar-refractivity contribution in [2.45, 2.75) is 44.8 Å². The smallest absolute Gasteiger partial charge is 0.263 e. The van der Waals surface area contributed by atoms with Crippen molar-refractivity contribution < 1.29 is 4.79 Å². The Kier molecular flexibility index (Phi) is 3.84. The Hall–Kier alpha value is -1.27. The maximum Gasteiger partial charge on any atom is 0.263 e. The highest BCUT2D eigenvalue weighted by Gasteiger charge is 2.29. The first-order valence-corrected chi connectivity index (χ1v) is 8.44. The van der Waals surface area contributed by atoms with Gasteiger partial charge in [0.2, 0.25) is 0 Å². The average Bonchev–Trinajstić information content (AvgIpc) is 3.15. The largest absolute Gasteiger partial charge is 0.397 e. The molecule has 1 amide bonds. The zero-order chi connectivity index (χ0) is 15.1. The van der Waals surface area contributed by atoms with E-state index in [0.717, 1.165) is 30.9 Å². The van der Waals surface area contributed by atoms with Crippen LogP contribution in [-0.4, -0.2) is 49.1 Å². The molecule has 0 spiro atoms. The minimum Gasteiger partial charge on any atom is -0.397 e. The van der Waals surface area contributed by atoms with Crippen molar-refractivity contribution in [1.82, 2.24) is 10.2 Å². The molecule has 5 nitrogen and oxygen atoms in total. The van der Waals surface area contributed by atoms with Crippen LogP contribution in [0.4, 0.5) is 10.7 Å². The van der Waals surface area contributed by atoms with E-state index in [1.807, 2.05) is 6.07 Å². The van der Waals surface area contributed by atoms with E-state index in [9.17, 15) is 4.79 Å². The number of hydrogen-bond acceptors (Lipinski definition) is 5. The molecule has 3 rings (SSSR count). The Morgan fingerprint density at radius 3 is 2.52 bits per heavy atom. The summed E-state index contributed by atoms with van der Waals surface area (Å²) in [6, 6.07) is 3.32. The van der Waals surface area contributed by atoms with Crippen molar-refractivity contribution in [3.63, 3.8) is 0 Å². The monoisotopic (exact) mass is 308 g/mol. The number of likely N-dealkylation sites (N-methyl/N-ethyl adjacent to an activating group) is 1. The molecule has 0 bridgehead atoms. The lowest BCUT2D eigenvalue weighted by Crippen LogP contribution is -2.54. The van der Waals surface area contributed by atoms with Gasteiger partial charge in [0.05, 0.1) is 10.7 Å². The third kappa shape index (κ3) is 3.01. The van der Waals surface area contributed by atoms with Crippen LogP contribution < -0.4 is 16.0 Å². The van der Waals surface area contributed by atoms with E-state index in [4.69, 9.17) is 5.73 Å². The van der Waals surface area contributed by atoms with Crippen LogP contribution in [0.1, 0.15) is 36.4 Å². The molecule has 1 saturated heterocycles. The molecule has 0 radical (unpaired) electrons. The lowest BCUT2D eigenvalue weighted by Gasteiger charge is -2.42. The van der Waals surface area contributed by atoms with Gasteiger partial charge in [-0.05, 0) is 39.8 Å². The Morgan fingerprint density at radius 2 is 1.95 bits per heavy atom. The first-order valence-electron chi connectivity index (χ1n) is 7.62. The van der Waals surface area contributed by atoms with E-state index >= 15 is 0 Å². The number of rotatable bonds is 3. The predicted octanol–water partition coefficient (Wildman–Crippen LogP) is 1.75. The first-order chi connectivity index (χ1) is 9.95. The molecule has 1 aromatic heterocycles. The minimum absolute atomic E-state index is 0.0125. The Bertz CT molecular complexity index is 528. The number of nitrogens with zero attached hydrogens (tertiary/aromatic N) is 2. The van der Waals surface area contributed by atoms with Crippen LogP contribution >= 0.6 is 11.3 Å². The van der Waals surface area contributed by atoms with E-state index in [2.05, 4.69) is 36.0 Å². The summed E-state index contributed by atoms with van der Waals surface area (Å²) in [7, 11) is 2.17. The quantitative estimate of drug-likeness (QED) is 0.893. The van der Waals surface area contributed by atoms with Crippen LogP contribution in [0.3, 0.4) is 0 Å². The van der Waals surface area contributed by atoms with Crippen molar-refractivity contribution in [2.75, 3.05) is 30.8 Å². The molecular formula is C15H24N4OS. The first kappa shape index (κ1) is 14.7. The fourth-order valence-electron chi connectivity index (χ4n) is 2.79. The molecule has 2 aliphatic rings. The van der Waals surface area contributed by atoms with Gasteiger partial charge >= 0.3 is 0 Å².